The van der Waals surface area contributed by atoms with Crippen LogP contribution in [0, 0.1) is 0 Å². The van der Waals surface area contributed by atoms with Gasteiger partial charge in [-0.05, 0) is 43.3 Å². The van der Waals surface area contributed by atoms with Crippen LogP contribution < -0.4 is 9.47 Å². The molecule has 5 rings (SSSR count). The van der Waals surface area contributed by atoms with E-state index in [0.29, 0.717) is 56.7 Å². The topological polar surface area (TPSA) is 86.7 Å². The molecule has 0 atom stereocenters. The quantitative estimate of drug-likeness (QED) is 0.332. The third-order valence-corrected chi connectivity index (χ3v) is 7.02. The highest BCUT2D eigenvalue weighted by atomic mass is 35.5. The third kappa shape index (κ3) is 4.66. The second-order valence-corrected chi connectivity index (χ2v) is 9.46. The Balaban J connectivity index is 1.54. The maximum Gasteiger partial charge on any atom is 0.169 e. The Morgan fingerprint density at radius 2 is 1.97 bits per heavy atom. The van der Waals surface area contributed by atoms with Crippen molar-refractivity contribution in [2.24, 2.45) is 0 Å². The first-order valence-electron chi connectivity index (χ1n) is 12.0. The monoisotopic (exact) mass is 513 g/mol. The minimum atomic E-state index is -0.720. The van der Waals surface area contributed by atoms with Crippen LogP contribution >= 0.6 is 11.6 Å². The number of pyridine rings is 1. The molecule has 0 bridgehead atoms. The highest BCUT2D eigenvalue weighted by Crippen LogP contribution is 2.45. The molecule has 2 aromatic carbocycles. The average Bonchev–Trinajstić information content (AvgIpc) is 3.37. The minimum Gasteiger partial charge on any atom is -0.506 e. The van der Waals surface area contributed by atoms with Gasteiger partial charge in [0.25, 0.3) is 0 Å². The lowest BCUT2D eigenvalue weighted by Crippen LogP contribution is -2.44. The van der Waals surface area contributed by atoms with Gasteiger partial charge in [0.1, 0.15) is 12.4 Å². The van der Waals surface area contributed by atoms with Crippen molar-refractivity contribution in [2.45, 2.75) is 13.1 Å². The van der Waals surface area contributed by atoms with E-state index in [2.05, 4.69) is 27.0 Å². The zero-order chi connectivity index (χ0) is 25.2. The fraction of sp³-hybridized carbons (Fsp3) is 0.385. The molecule has 3 heterocycles. The number of aromatic hydroxyl groups is 1. The molecule has 0 unspecified atom stereocenters. The predicted octanol–water partition coefficient (Wildman–Crippen LogP) is 4.63. The summed E-state index contributed by atoms with van der Waals surface area (Å²) in [6.07, 6.45) is 2.50. The first-order valence-corrected chi connectivity index (χ1v) is 12.3. The molecule has 1 fully saturated rings. The molecule has 0 amide bonds. The molecular weight excluding hydrogens is 485 g/mol. The minimum absolute atomic E-state index is 0.0390. The van der Waals surface area contributed by atoms with Crippen molar-refractivity contribution in [3.63, 3.8) is 0 Å². The number of benzene rings is 2. The van der Waals surface area contributed by atoms with Crippen LogP contribution in [0.3, 0.4) is 0 Å². The molecule has 8 nitrogen and oxygen atoms in total. The van der Waals surface area contributed by atoms with E-state index in [4.69, 9.17) is 26.1 Å². The normalized spacial score (nSPS) is 15.1. The Bertz CT molecular complexity index is 1390. The SMILES string of the molecule is COc1c(OCCCN2CCN(C)CC2)cc(CF)c2c(-c3ccc(O)c(Cl)c3)nc3[nH]ncc3c12. The lowest BCUT2D eigenvalue weighted by atomic mass is 9.96. The number of ether oxygens (including phenoxy) is 2. The van der Waals surface area contributed by atoms with E-state index in [-0.39, 0.29) is 10.8 Å². The third-order valence-electron chi connectivity index (χ3n) is 6.72. The molecule has 0 aliphatic carbocycles. The van der Waals surface area contributed by atoms with Crippen LogP contribution in [-0.2, 0) is 6.67 Å². The maximum absolute atomic E-state index is 14.5. The molecule has 36 heavy (non-hydrogen) atoms. The van der Waals surface area contributed by atoms with Crippen LogP contribution in [0.2, 0.25) is 5.02 Å². The molecule has 10 heteroatoms. The number of methoxy groups -OCH3 is 1. The Labute approximate surface area is 213 Å². The molecule has 190 valence electrons. The molecule has 1 aliphatic rings. The molecule has 0 spiro atoms. The van der Waals surface area contributed by atoms with Crippen molar-refractivity contribution in [1.29, 1.82) is 0 Å². The van der Waals surface area contributed by atoms with Crippen molar-refractivity contribution >= 4 is 33.4 Å². The number of aromatic nitrogens is 3. The van der Waals surface area contributed by atoms with E-state index in [1.807, 2.05) is 0 Å². The first kappa shape index (κ1) is 24.5. The summed E-state index contributed by atoms with van der Waals surface area (Å²) in [5, 5.41) is 19.1. The van der Waals surface area contributed by atoms with E-state index in [1.165, 1.54) is 6.07 Å². The summed E-state index contributed by atoms with van der Waals surface area (Å²) < 4.78 is 26.5. The van der Waals surface area contributed by atoms with Crippen molar-refractivity contribution < 1.29 is 19.0 Å². The van der Waals surface area contributed by atoms with Gasteiger partial charge in [-0.25, -0.2) is 9.37 Å². The van der Waals surface area contributed by atoms with Gasteiger partial charge >= 0.3 is 0 Å². The number of hydrogen-bond donors (Lipinski definition) is 2. The molecule has 2 aromatic heterocycles. The van der Waals surface area contributed by atoms with Gasteiger partial charge < -0.3 is 24.4 Å². The highest BCUT2D eigenvalue weighted by Gasteiger charge is 2.23. The number of nitrogens with one attached hydrogen (secondary N) is 1. The number of likely N-dealkylation sites (N-methyl/N-ethyl adjacent to an activating group) is 1. The van der Waals surface area contributed by atoms with Crippen LogP contribution in [0.1, 0.15) is 12.0 Å². The number of nitrogens with zero attached hydrogens (tertiary/aromatic N) is 4. The number of rotatable bonds is 8. The van der Waals surface area contributed by atoms with Crippen LogP contribution in [0.25, 0.3) is 33.1 Å². The average molecular weight is 514 g/mol. The number of piperazine rings is 1. The number of phenolic OH excluding ortho intramolecular Hbond substituents is 1. The summed E-state index contributed by atoms with van der Waals surface area (Å²) in [5.41, 5.74) is 2.10. The van der Waals surface area contributed by atoms with E-state index in [9.17, 15) is 9.50 Å². The van der Waals surface area contributed by atoms with E-state index in [1.54, 1.807) is 31.5 Å². The van der Waals surface area contributed by atoms with Crippen molar-refractivity contribution in [3.05, 3.63) is 41.0 Å². The molecule has 4 aromatic rings. The van der Waals surface area contributed by atoms with E-state index < -0.39 is 6.67 Å². The Kier molecular flexibility index (Phi) is 7.13. The van der Waals surface area contributed by atoms with Gasteiger partial charge in [0, 0.05) is 49.1 Å². The largest absolute Gasteiger partial charge is 0.506 e. The maximum atomic E-state index is 14.5. The summed E-state index contributed by atoms with van der Waals surface area (Å²) in [6.45, 7) is 4.96. The van der Waals surface area contributed by atoms with Gasteiger partial charge in [-0.3, -0.25) is 5.10 Å². The van der Waals surface area contributed by atoms with E-state index in [0.717, 1.165) is 39.1 Å². The Hall–Kier alpha value is -3.14. The van der Waals surface area contributed by atoms with Crippen molar-refractivity contribution in [3.8, 4) is 28.5 Å². The zero-order valence-electron chi connectivity index (χ0n) is 20.4. The van der Waals surface area contributed by atoms with Crippen LogP contribution in [-0.4, -0.2) is 83.6 Å². The molecular formula is C26H29ClFN5O3. The summed E-state index contributed by atoms with van der Waals surface area (Å²) >= 11 is 6.18. The Morgan fingerprint density at radius 3 is 2.69 bits per heavy atom. The van der Waals surface area contributed by atoms with Gasteiger partial charge in [0.05, 0.1) is 36.0 Å². The molecule has 1 saturated heterocycles. The van der Waals surface area contributed by atoms with Crippen molar-refractivity contribution in [1.82, 2.24) is 25.0 Å². The molecule has 1 aliphatic heterocycles. The summed E-state index contributed by atoms with van der Waals surface area (Å²) in [6, 6.07) is 6.49. The number of aromatic amines is 1. The molecule has 0 saturated carbocycles. The number of fused-ring (bicyclic) bond motifs is 3. The predicted molar refractivity (Wildman–Crippen MR) is 139 cm³/mol. The standard InChI is InChI=1S/C26H29ClFN5O3/c1-32-7-9-33(10-8-32)6-3-11-36-21-13-17(14-28)22-23(25(21)35-2)18-15-29-31-26(18)30-24(22)16-4-5-20(34)19(27)12-16/h4-5,12-13,15,34H,3,6-11,14H2,1-2H3,(H,29,30,31). The number of halogens is 2. The van der Waals surface area contributed by atoms with Crippen molar-refractivity contribution in [2.75, 3.05) is 53.5 Å². The fourth-order valence-corrected chi connectivity index (χ4v) is 4.94. The Morgan fingerprint density at radius 1 is 1.17 bits per heavy atom. The van der Waals surface area contributed by atoms with Gasteiger partial charge in [-0.1, -0.05) is 11.6 Å². The second kappa shape index (κ2) is 10.5. The van der Waals surface area contributed by atoms with Crippen LogP contribution in [0.4, 0.5) is 4.39 Å². The fourth-order valence-electron chi connectivity index (χ4n) is 4.76. The number of alkyl halides is 1. The lowest BCUT2D eigenvalue weighted by Gasteiger charge is -2.32. The van der Waals surface area contributed by atoms with Gasteiger partial charge in [0.2, 0.25) is 0 Å². The number of hydrogen-bond acceptors (Lipinski definition) is 7. The summed E-state index contributed by atoms with van der Waals surface area (Å²) in [4.78, 5) is 9.49. The molecule has 0 radical (unpaired) electrons. The number of H-pyrrole nitrogens is 1. The van der Waals surface area contributed by atoms with Crippen LogP contribution in [0.15, 0.2) is 30.5 Å². The van der Waals surface area contributed by atoms with Gasteiger partial charge in [0.15, 0.2) is 17.1 Å². The lowest BCUT2D eigenvalue weighted by molar-refractivity contribution is 0.145. The van der Waals surface area contributed by atoms with Gasteiger partial charge in [-0.15, -0.1) is 0 Å². The summed E-state index contributed by atoms with van der Waals surface area (Å²) in [7, 11) is 3.72. The first-order chi connectivity index (χ1) is 17.5. The number of phenols is 1. The van der Waals surface area contributed by atoms with E-state index >= 15 is 0 Å². The van der Waals surface area contributed by atoms with Gasteiger partial charge in [-0.2, -0.15) is 5.10 Å². The highest BCUT2D eigenvalue weighted by molar-refractivity contribution is 6.32. The smallest absolute Gasteiger partial charge is 0.169 e. The second-order valence-electron chi connectivity index (χ2n) is 9.06. The molecule has 2 N–H and O–H groups in total. The zero-order valence-corrected chi connectivity index (χ0v) is 21.1. The van der Waals surface area contributed by atoms with Crippen LogP contribution in [0.5, 0.6) is 17.2 Å². The summed E-state index contributed by atoms with van der Waals surface area (Å²) in [5.74, 6) is 0.948.